The predicted octanol–water partition coefficient (Wildman–Crippen LogP) is 1.84. The molecule has 7 heteroatoms. The average molecular weight is 279 g/mol. The van der Waals surface area contributed by atoms with Gasteiger partial charge in [-0.3, -0.25) is 14.9 Å². The molecule has 0 bridgehead atoms. The summed E-state index contributed by atoms with van der Waals surface area (Å²) in [6.45, 7) is 5.65. The molecule has 0 aliphatic heterocycles. The molecule has 1 amide bonds. The molecule has 1 atom stereocenters. The lowest BCUT2D eigenvalue weighted by atomic mass is 10.2. The van der Waals surface area contributed by atoms with Gasteiger partial charge in [-0.2, -0.15) is 0 Å². The van der Waals surface area contributed by atoms with Crippen LogP contribution in [-0.2, 0) is 4.79 Å². The van der Waals surface area contributed by atoms with Crippen LogP contribution in [0.4, 0.5) is 11.4 Å². The lowest BCUT2D eigenvalue weighted by Gasteiger charge is -2.11. The van der Waals surface area contributed by atoms with Gasteiger partial charge >= 0.3 is 0 Å². The zero-order valence-electron chi connectivity index (χ0n) is 11.2. The molecular formula is C13H17N3O4. The molecule has 0 saturated carbocycles. The van der Waals surface area contributed by atoms with Crippen LogP contribution in [0.3, 0.4) is 0 Å². The number of benzene rings is 1. The standard InChI is InChI=1S/C13H17N3O4/c1-3-5-10(14)13(17)15-11-7-6-9(20-4-2)8-12(11)16(18)19/h3,6-8,10H,1,4-5,14H2,2H3,(H,15,17). The highest BCUT2D eigenvalue weighted by atomic mass is 16.6. The number of anilines is 1. The fourth-order valence-electron chi connectivity index (χ4n) is 1.54. The Balaban J connectivity index is 2.96. The third-order valence-corrected chi connectivity index (χ3v) is 2.49. The van der Waals surface area contributed by atoms with Crippen molar-refractivity contribution in [3.8, 4) is 5.75 Å². The minimum Gasteiger partial charge on any atom is -0.494 e. The molecule has 0 aliphatic carbocycles. The largest absolute Gasteiger partial charge is 0.494 e. The SMILES string of the molecule is C=CCC(N)C(=O)Nc1ccc(OCC)cc1[N+](=O)[O-]. The van der Waals surface area contributed by atoms with Crippen LogP contribution in [0.2, 0.25) is 0 Å². The summed E-state index contributed by atoms with van der Waals surface area (Å²) >= 11 is 0. The van der Waals surface area contributed by atoms with E-state index in [0.29, 0.717) is 12.4 Å². The first-order chi connectivity index (χ1) is 9.49. The number of rotatable bonds is 7. The maximum Gasteiger partial charge on any atom is 0.296 e. The second-order valence-corrected chi connectivity index (χ2v) is 3.99. The van der Waals surface area contributed by atoms with Gasteiger partial charge in [0.05, 0.1) is 23.6 Å². The van der Waals surface area contributed by atoms with Gasteiger partial charge in [0.25, 0.3) is 5.69 Å². The highest BCUT2D eigenvalue weighted by Crippen LogP contribution is 2.29. The molecule has 7 nitrogen and oxygen atoms in total. The summed E-state index contributed by atoms with van der Waals surface area (Å²) in [4.78, 5) is 22.2. The summed E-state index contributed by atoms with van der Waals surface area (Å²) in [6.07, 6.45) is 1.80. The molecule has 0 heterocycles. The summed E-state index contributed by atoms with van der Waals surface area (Å²) in [5.74, 6) is -0.134. The van der Waals surface area contributed by atoms with E-state index in [1.165, 1.54) is 18.2 Å². The number of hydrogen-bond donors (Lipinski definition) is 2. The number of hydrogen-bond acceptors (Lipinski definition) is 5. The van der Waals surface area contributed by atoms with Crippen molar-refractivity contribution in [1.29, 1.82) is 0 Å². The lowest BCUT2D eigenvalue weighted by Crippen LogP contribution is -2.35. The van der Waals surface area contributed by atoms with Crippen LogP contribution in [0, 0.1) is 10.1 Å². The van der Waals surface area contributed by atoms with Gasteiger partial charge in [-0.1, -0.05) is 6.08 Å². The molecule has 0 fully saturated rings. The first-order valence-electron chi connectivity index (χ1n) is 6.08. The Labute approximate surface area is 116 Å². The molecule has 20 heavy (non-hydrogen) atoms. The summed E-state index contributed by atoms with van der Waals surface area (Å²) < 4.78 is 5.19. The number of carbonyl (C=O) groups is 1. The summed E-state index contributed by atoms with van der Waals surface area (Å²) in [6, 6.07) is 3.43. The molecule has 0 radical (unpaired) electrons. The normalized spacial score (nSPS) is 11.5. The van der Waals surface area contributed by atoms with Crippen molar-refractivity contribution < 1.29 is 14.5 Å². The number of nitro groups is 1. The Bertz CT molecular complexity index is 516. The van der Waals surface area contributed by atoms with Gasteiger partial charge in [0, 0.05) is 0 Å². The summed E-state index contributed by atoms with van der Waals surface area (Å²) in [5.41, 5.74) is 5.45. The van der Waals surface area contributed by atoms with Gasteiger partial charge in [-0.05, 0) is 25.5 Å². The second kappa shape index (κ2) is 7.25. The van der Waals surface area contributed by atoms with E-state index in [2.05, 4.69) is 11.9 Å². The molecule has 3 N–H and O–H groups in total. The third-order valence-electron chi connectivity index (χ3n) is 2.49. The molecule has 0 aliphatic rings. The van der Waals surface area contributed by atoms with Gasteiger partial charge in [-0.15, -0.1) is 6.58 Å². The number of nitrogens with one attached hydrogen (secondary N) is 1. The van der Waals surface area contributed by atoms with Crippen molar-refractivity contribution in [3.05, 3.63) is 41.0 Å². The predicted molar refractivity (Wildman–Crippen MR) is 75.7 cm³/mol. The van der Waals surface area contributed by atoms with Crippen LogP contribution < -0.4 is 15.8 Å². The molecule has 1 aromatic rings. The monoisotopic (exact) mass is 279 g/mol. The maximum atomic E-state index is 11.8. The molecule has 0 spiro atoms. The summed E-state index contributed by atoms with van der Waals surface area (Å²) in [7, 11) is 0. The number of nitrogens with zero attached hydrogens (tertiary/aromatic N) is 1. The van der Waals surface area contributed by atoms with Crippen LogP contribution >= 0.6 is 0 Å². The topological polar surface area (TPSA) is 107 Å². The van der Waals surface area contributed by atoms with E-state index in [1.54, 1.807) is 13.0 Å². The van der Waals surface area contributed by atoms with Crippen molar-refractivity contribution in [2.45, 2.75) is 19.4 Å². The molecule has 0 aromatic heterocycles. The Hall–Kier alpha value is -2.41. The van der Waals surface area contributed by atoms with Crippen LogP contribution in [0.5, 0.6) is 5.75 Å². The van der Waals surface area contributed by atoms with Gasteiger partial charge in [0.2, 0.25) is 5.91 Å². The number of nitro benzene ring substituents is 1. The Morgan fingerprint density at radius 1 is 1.65 bits per heavy atom. The zero-order chi connectivity index (χ0) is 15.1. The van der Waals surface area contributed by atoms with E-state index in [9.17, 15) is 14.9 Å². The highest BCUT2D eigenvalue weighted by Gasteiger charge is 2.19. The van der Waals surface area contributed by atoms with E-state index in [0.717, 1.165) is 0 Å². The number of amides is 1. The van der Waals surface area contributed by atoms with Crippen molar-refractivity contribution in [2.75, 3.05) is 11.9 Å². The quantitative estimate of drug-likeness (QED) is 0.450. The molecule has 0 saturated heterocycles. The van der Waals surface area contributed by atoms with E-state index < -0.39 is 16.9 Å². The molecule has 1 rings (SSSR count). The van der Waals surface area contributed by atoms with E-state index in [4.69, 9.17) is 10.5 Å². The Morgan fingerprint density at radius 2 is 2.35 bits per heavy atom. The van der Waals surface area contributed by atoms with Gasteiger partial charge in [-0.25, -0.2) is 0 Å². The van der Waals surface area contributed by atoms with Crippen molar-refractivity contribution in [3.63, 3.8) is 0 Å². The van der Waals surface area contributed by atoms with E-state index in [-0.39, 0.29) is 17.8 Å². The fraction of sp³-hybridized carbons (Fsp3) is 0.308. The third kappa shape index (κ3) is 4.06. The maximum absolute atomic E-state index is 11.8. The molecular weight excluding hydrogens is 262 g/mol. The van der Waals surface area contributed by atoms with E-state index in [1.807, 2.05) is 0 Å². The molecule has 1 aromatic carbocycles. The Kier molecular flexibility index (Phi) is 5.67. The van der Waals surface area contributed by atoms with Crippen LogP contribution in [0.1, 0.15) is 13.3 Å². The van der Waals surface area contributed by atoms with Gasteiger partial charge in [0.15, 0.2) is 0 Å². The van der Waals surface area contributed by atoms with Crippen molar-refractivity contribution in [1.82, 2.24) is 0 Å². The fourth-order valence-corrected chi connectivity index (χ4v) is 1.54. The highest BCUT2D eigenvalue weighted by molar-refractivity contribution is 5.96. The minimum atomic E-state index is -0.793. The Morgan fingerprint density at radius 3 is 2.90 bits per heavy atom. The smallest absolute Gasteiger partial charge is 0.296 e. The van der Waals surface area contributed by atoms with Crippen LogP contribution in [0.25, 0.3) is 0 Å². The first kappa shape index (κ1) is 15.6. The number of nitrogens with two attached hydrogens (primary N) is 1. The minimum absolute atomic E-state index is 0.0861. The number of carbonyl (C=O) groups excluding carboxylic acids is 1. The molecule has 1 unspecified atom stereocenters. The molecule has 108 valence electrons. The second-order valence-electron chi connectivity index (χ2n) is 3.99. The van der Waals surface area contributed by atoms with Crippen LogP contribution in [0.15, 0.2) is 30.9 Å². The first-order valence-corrected chi connectivity index (χ1v) is 6.08. The number of ether oxygens (including phenoxy) is 1. The van der Waals surface area contributed by atoms with Gasteiger partial charge in [0.1, 0.15) is 11.4 Å². The van der Waals surface area contributed by atoms with Crippen molar-refractivity contribution >= 4 is 17.3 Å². The van der Waals surface area contributed by atoms with Gasteiger partial charge < -0.3 is 15.8 Å². The van der Waals surface area contributed by atoms with Crippen LogP contribution in [-0.4, -0.2) is 23.5 Å². The average Bonchev–Trinajstić information content (AvgIpc) is 2.40. The van der Waals surface area contributed by atoms with Crippen molar-refractivity contribution in [2.24, 2.45) is 5.73 Å². The lowest BCUT2D eigenvalue weighted by molar-refractivity contribution is -0.384. The van der Waals surface area contributed by atoms with E-state index >= 15 is 0 Å². The summed E-state index contributed by atoms with van der Waals surface area (Å²) in [5, 5.41) is 13.4. The zero-order valence-corrected chi connectivity index (χ0v) is 11.2.